The Hall–Kier alpha value is -2.50. The quantitative estimate of drug-likeness (QED) is 0.858. The number of nitrogens with zero attached hydrogens (tertiary/aromatic N) is 1. The smallest absolute Gasteiger partial charge is 0.414 e. The van der Waals surface area contributed by atoms with Crippen molar-refractivity contribution in [3.8, 4) is 5.75 Å². The number of carbonyl (C=O) groups excluding carboxylic acids is 1. The van der Waals surface area contributed by atoms with Crippen LogP contribution in [0.1, 0.15) is 17.3 Å². The zero-order valence-corrected chi connectivity index (χ0v) is 11.0. The fourth-order valence-electron chi connectivity index (χ4n) is 1.96. The number of aromatic carboxylic acids is 1. The predicted molar refractivity (Wildman–Crippen MR) is 72.4 cm³/mol. The third kappa shape index (κ3) is 2.74. The highest BCUT2D eigenvalue weighted by Crippen LogP contribution is 2.34. The van der Waals surface area contributed by atoms with Crippen LogP contribution in [0.15, 0.2) is 30.9 Å². The summed E-state index contributed by atoms with van der Waals surface area (Å²) in [6, 6.07) is 4.37. The minimum Gasteiger partial charge on any atom is -0.487 e. The number of carboxylic acids is 1. The van der Waals surface area contributed by atoms with Gasteiger partial charge in [-0.25, -0.2) is 9.59 Å². The summed E-state index contributed by atoms with van der Waals surface area (Å²) in [7, 11) is 0. The molecule has 6 heteroatoms. The van der Waals surface area contributed by atoms with Crippen molar-refractivity contribution in [2.24, 2.45) is 0 Å². The van der Waals surface area contributed by atoms with Crippen LogP contribution in [0, 0.1) is 0 Å². The van der Waals surface area contributed by atoms with Gasteiger partial charge >= 0.3 is 12.1 Å². The Kier molecular flexibility index (Phi) is 3.93. The normalized spacial score (nSPS) is 16.9. The molecule has 1 atom stereocenters. The molecule has 6 nitrogen and oxygen atoms in total. The van der Waals surface area contributed by atoms with E-state index < -0.39 is 12.1 Å². The van der Waals surface area contributed by atoms with Gasteiger partial charge in [-0.1, -0.05) is 12.7 Å². The van der Waals surface area contributed by atoms with Gasteiger partial charge in [0.05, 0.1) is 17.8 Å². The summed E-state index contributed by atoms with van der Waals surface area (Å²) >= 11 is 0. The first kappa shape index (κ1) is 13.9. The standard InChI is InChI=1S/C14H15NO5/c1-3-6-19-14(18)15-8-9(2)20-12-7-10(13(16)17)4-5-11(12)15/h3-5,7,9H,1,6,8H2,2H3,(H,16,17). The number of amides is 1. The Morgan fingerprint density at radius 1 is 1.60 bits per heavy atom. The monoisotopic (exact) mass is 277 g/mol. The molecule has 0 saturated carbocycles. The minimum absolute atomic E-state index is 0.109. The van der Waals surface area contributed by atoms with E-state index >= 15 is 0 Å². The molecule has 1 heterocycles. The zero-order valence-electron chi connectivity index (χ0n) is 11.0. The van der Waals surface area contributed by atoms with Gasteiger partial charge in [-0.15, -0.1) is 0 Å². The molecule has 1 aliphatic rings. The van der Waals surface area contributed by atoms with Gasteiger partial charge in [0.25, 0.3) is 0 Å². The first-order valence-electron chi connectivity index (χ1n) is 6.12. The number of benzene rings is 1. The van der Waals surface area contributed by atoms with Crippen LogP contribution >= 0.6 is 0 Å². The van der Waals surface area contributed by atoms with Gasteiger partial charge in [-0.3, -0.25) is 4.90 Å². The molecule has 1 unspecified atom stereocenters. The van der Waals surface area contributed by atoms with Gasteiger partial charge in [-0.2, -0.15) is 0 Å². The third-order valence-corrected chi connectivity index (χ3v) is 2.81. The van der Waals surface area contributed by atoms with Crippen molar-refractivity contribution in [2.75, 3.05) is 18.1 Å². The van der Waals surface area contributed by atoms with E-state index in [-0.39, 0.29) is 18.3 Å². The van der Waals surface area contributed by atoms with E-state index in [0.717, 1.165) is 0 Å². The van der Waals surface area contributed by atoms with Crippen LogP contribution in [0.25, 0.3) is 0 Å². The summed E-state index contributed by atoms with van der Waals surface area (Å²) in [5.74, 6) is -0.686. The average Bonchev–Trinajstić information content (AvgIpc) is 2.42. The number of rotatable bonds is 3. The molecule has 1 aliphatic heterocycles. The van der Waals surface area contributed by atoms with Crippen molar-refractivity contribution in [3.05, 3.63) is 36.4 Å². The van der Waals surface area contributed by atoms with E-state index in [1.165, 1.54) is 23.1 Å². The molecule has 0 saturated heterocycles. The zero-order chi connectivity index (χ0) is 14.7. The van der Waals surface area contributed by atoms with Gasteiger partial charge in [0, 0.05) is 0 Å². The van der Waals surface area contributed by atoms with E-state index in [0.29, 0.717) is 18.0 Å². The first-order valence-corrected chi connectivity index (χ1v) is 6.12. The number of hydrogen-bond donors (Lipinski definition) is 1. The van der Waals surface area contributed by atoms with Crippen LogP contribution in [0.2, 0.25) is 0 Å². The second-order valence-corrected chi connectivity index (χ2v) is 4.39. The number of fused-ring (bicyclic) bond motifs is 1. The highest BCUT2D eigenvalue weighted by Gasteiger charge is 2.29. The Bertz CT molecular complexity index is 554. The Morgan fingerprint density at radius 2 is 2.35 bits per heavy atom. The average molecular weight is 277 g/mol. The molecule has 0 aromatic heterocycles. The summed E-state index contributed by atoms with van der Waals surface area (Å²) < 4.78 is 10.6. The molecule has 0 spiro atoms. The molecule has 1 N–H and O–H groups in total. The highest BCUT2D eigenvalue weighted by molar-refractivity contribution is 5.93. The third-order valence-electron chi connectivity index (χ3n) is 2.81. The highest BCUT2D eigenvalue weighted by atomic mass is 16.6. The van der Waals surface area contributed by atoms with Crippen LogP contribution in [-0.4, -0.2) is 36.4 Å². The van der Waals surface area contributed by atoms with E-state index in [4.69, 9.17) is 14.6 Å². The molecule has 2 rings (SSSR count). The van der Waals surface area contributed by atoms with Crippen LogP contribution in [0.5, 0.6) is 5.75 Å². The molecule has 1 aromatic carbocycles. The largest absolute Gasteiger partial charge is 0.487 e. The molecule has 1 aromatic rings. The lowest BCUT2D eigenvalue weighted by atomic mass is 10.1. The SMILES string of the molecule is C=CCOC(=O)N1CC(C)Oc2cc(C(=O)O)ccc21. The van der Waals surface area contributed by atoms with Gasteiger partial charge < -0.3 is 14.6 Å². The minimum atomic E-state index is -1.05. The maximum atomic E-state index is 12.0. The van der Waals surface area contributed by atoms with Crippen molar-refractivity contribution in [3.63, 3.8) is 0 Å². The Balaban J connectivity index is 2.32. The molecule has 20 heavy (non-hydrogen) atoms. The molecule has 0 aliphatic carbocycles. The fourth-order valence-corrected chi connectivity index (χ4v) is 1.96. The summed E-state index contributed by atoms with van der Waals surface area (Å²) in [6.07, 6.45) is 0.725. The van der Waals surface area contributed by atoms with Gasteiger partial charge in [-0.05, 0) is 25.1 Å². The number of anilines is 1. The van der Waals surface area contributed by atoms with Crippen molar-refractivity contribution >= 4 is 17.7 Å². The Morgan fingerprint density at radius 3 is 3.00 bits per heavy atom. The maximum absolute atomic E-state index is 12.0. The summed E-state index contributed by atoms with van der Waals surface area (Å²) in [5, 5.41) is 8.97. The van der Waals surface area contributed by atoms with Crippen LogP contribution in [0.4, 0.5) is 10.5 Å². The lowest BCUT2D eigenvalue weighted by molar-refractivity contribution is 0.0696. The summed E-state index contributed by atoms with van der Waals surface area (Å²) in [6.45, 7) is 5.74. The number of carbonyl (C=O) groups is 2. The van der Waals surface area contributed by atoms with Gasteiger partial charge in [0.2, 0.25) is 0 Å². The van der Waals surface area contributed by atoms with Crippen molar-refractivity contribution < 1.29 is 24.2 Å². The molecular weight excluding hydrogens is 262 g/mol. The molecular formula is C14H15NO5. The fraction of sp³-hybridized carbons (Fsp3) is 0.286. The van der Waals surface area contributed by atoms with E-state index in [1.807, 2.05) is 0 Å². The lowest BCUT2D eigenvalue weighted by Gasteiger charge is -2.32. The number of carboxylic acid groups (broad SMARTS) is 1. The molecule has 0 bridgehead atoms. The van der Waals surface area contributed by atoms with Crippen molar-refractivity contribution in [1.82, 2.24) is 0 Å². The van der Waals surface area contributed by atoms with Crippen LogP contribution in [0.3, 0.4) is 0 Å². The molecule has 0 fully saturated rings. The second kappa shape index (κ2) is 5.64. The predicted octanol–water partition coefficient (Wildman–Crippen LogP) is 2.29. The van der Waals surface area contributed by atoms with Crippen LogP contribution in [-0.2, 0) is 4.74 Å². The lowest BCUT2D eigenvalue weighted by Crippen LogP contribution is -2.42. The van der Waals surface area contributed by atoms with Crippen LogP contribution < -0.4 is 9.64 Å². The molecule has 106 valence electrons. The number of hydrogen-bond acceptors (Lipinski definition) is 4. The second-order valence-electron chi connectivity index (χ2n) is 4.39. The molecule has 0 radical (unpaired) electrons. The first-order chi connectivity index (χ1) is 9.52. The summed E-state index contributed by atoms with van der Waals surface area (Å²) in [4.78, 5) is 24.4. The van der Waals surface area contributed by atoms with Gasteiger partial charge in [0.1, 0.15) is 18.5 Å². The summed E-state index contributed by atoms with van der Waals surface area (Å²) in [5.41, 5.74) is 0.611. The maximum Gasteiger partial charge on any atom is 0.414 e. The van der Waals surface area contributed by atoms with E-state index in [1.54, 1.807) is 13.0 Å². The number of ether oxygens (including phenoxy) is 2. The molecule has 1 amide bonds. The van der Waals surface area contributed by atoms with Gasteiger partial charge in [0.15, 0.2) is 0 Å². The van der Waals surface area contributed by atoms with Crippen molar-refractivity contribution in [1.29, 1.82) is 0 Å². The topological polar surface area (TPSA) is 76.1 Å². The van der Waals surface area contributed by atoms with E-state index in [2.05, 4.69) is 6.58 Å². The van der Waals surface area contributed by atoms with E-state index in [9.17, 15) is 9.59 Å². The van der Waals surface area contributed by atoms with Crippen molar-refractivity contribution in [2.45, 2.75) is 13.0 Å². The Labute approximate surface area is 116 Å².